The van der Waals surface area contributed by atoms with Crippen LogP contribution in [0.15, 0.2) is 18.2 Å². The van der Waals surface area contributed by atoms with Crippen LogP contribution in [-0.2, 0) is 9.53 Å². The van der Waals surface area contributed by atoms with Crippen LogP contribution >= 0.6 is 0 Å². The van der Waals surface area contributed by atoms with Crippen LogP contribution in [0, 0.1) is 17.1 Å². The van der Waals surface area contributed by atoms with Crippen LogP contribution in [0.1, 0.15) is 19.4 Å². The third-order valence-corrected chi connectivity index (χ3v) is 3.21. The molecule has 2 rings (SSSR count). The fraction of sp³-hybridized carbons (Fsp3) is 0.467. The fourth-order valence-electron chi connectivity index (χ4n) is 2.32. The van der Waals surface area contributed by atoms with E-state index < -0.39 is 11.9 Å². The highest BCUT2D eigenvalue weighted by molar-refractivity contribution is 5.86. The second-order valence-electron chi connectivity index (χ2n) is 5.26. The minimum Gasteiger partial charge on any atom is -0.377 e. The number of morpholine rings is 1. The molecule has 0 aliphatic carbocycles. The maximum atomic E-state index is 13.6. The van der Waals surface area contributed by atoms with Crippen molar-refractivity contribution in [2.45, 2.75) is 25.9 Å². The van der Waals surface area contributed by atoms with Gasteiger partial charge in [-0.2, -0.15) is 5.26 Å². The molecule has 0 radical (unpaired) electrons. The lowest BCUT2D eigenvalue weighted by Crippen LogP contribution is -2.55. The van der Waals surface area contributed by atoms with Gasteiger partial charge in [-0.25, -0.2) is 4.39 Å². The van der Waals surface area contributed by atoms with Gasteiger partial charge in [-0.3, -0.25) is 4.79 Å². The summed E-state index contributed by atoms with van der Waals surface area (Å²) in [6.07, 6.45) is 0. The van der Waals surface area contributed by atoms with Crippen molar-refractivity contribution in [3.05, 3.63) is 29.6 Å². The van der Waals surface area contributed by atoms with Gasteiger partial charge in [0.15, 0.2) is 0 Å². The number of anilines is 1. The monoisotopic (exact) mass is 291 g/mol. The van der Waals surface area contributed by atoms with Crippen LogP contribution < -0.4 is 10.2 Å². The van der Waals surface area contributed by atoms with Crippen LogP contribution in [-0.4, -0.2) is 37.7 Å². The summed E-state index contributed by atoms with van der Waals surface area (Å²) < 4.78 is 19.0. The summed E-state index contributed by atoms with van der Waals surface area (Å²) in [6.45, 7) is 4.94. The molecule has 1 aromatic carbocycles. The summed E-state index contributed by atoms with van der Waals surface area (Å²) in [7, 11) is 0. The number of hydrogen-bond acceptors (Lipinski definition) is 4. The summed E-state index contributed by atoms with van der Waals surface area (Å²) in [5, 5.41) is 11.8. The minimum absolute atomic E-state index is 0.0171. The van der Waals surface area contributed by atoms with Crippen LogP contribution in [0.2, 0.25) is 0 Å². The molecular formula is C15H18FN3O2. The normalized spacial score (nSPS) is 18.4. The van der Waals surface area contributed by atoms with Crippen molar-refractivity contribution >= 4 is 11.6 Å². The molecular weight excluding hydrogens is 273 g/mol. The highest BCUT2D eigenvalue weighted by atomic mass is 19.1. The van der Waals surface area contributed by atoms with Crippen LogP contribution in [0.5, 0.6) is 0 Å². The van der Waals surface area contributed by atoms with Gasteiger partial charge in [-0.05, 0) is 32.0 Å². The number of carbonyl (C=O) groups is 1. The van der Waals surface area contributed by atoms with Crippen molar-refractivity contribution in [1.29, 1.82) is 5.26 Å². The van der Waals surface area contributed by atoms with Crippen molar-refractivity contribution in [1.82, 2.24) is 5.32 Å². The Bertz CT molecular complexity index is 569. The molecule has 1 unspecified atom stereocenters. The lowest BCUT2D eigenvalue weighted by atomic mass is 10.1. The number of rotatable bonds is 3. The molecule has 1 fully saturated rings. The molecule has 0 saturated carbocycles. The van der Waals surface area contributed by atoms with Crippen molar-refractivity contribution in [2.75, 3.05) is 24.7 Å². The Morgan fingerprint density at radius 3 is 2.95 bits per heavy atom. The quantitative estimate of drug-likeness (QED) is 0.915. The minimum atomic E-state index is -0.519. The zero-order valence-corrected chi connectivity index (χ0v) is 12.1. The first-order valence-electron chi connectivity index (χ1n) is 6.86. The number of ether oxygens (including phenoxy) is 1. The van der Waals surface area contributed by atoms with E-state index in [1.807, 2.05) is 19.9 Å². The Kier molecular flexibility index (Phi) is 4.76. The van der Waals surface area contributed by atoms with Gasteiger partial charge in [0.1, 0.15) is 11.9 Å². The number of nitriles is 1. The second kappa shape index (κ2) is 6.55. The van der Waals surface area contributed by atoms with Gasteiger partial charge in [-0.1, -0.05) is 0 Å². The second-order valence-corrected chi connectivity index (χ2v) is 5.26. The average molecular weight is 291 g/mol. The van der Waals surface area contributed by atoms with Crippen LogP contribution in [0.4, 0.5) is 10.1 Å². The van der Waals surface area contributed by atoms with Gasteiger partial charge in [-0.15, -0.1) is 0 Å². The first kappa shape index (κ1) is 15.3. The molecule has 5 nitrogen and oxygen atoms in total. The van der Waals surface area contributed by atoms with Gasteiger partial charge in [0.2, 0.25) is 5.91 Å². The van der Waals surface area contributed by atoms with Crippen LogP contribution in [0.25, 0.3) is 0 Å². The van der Waals surface area contributed by atoms with E-state index >= 15 is 0 Å². The fourth-order valence-corrected chi connectivity index (χ4v) is 2.32. The molecule has 0 bridgehead atoms. The highest BCUT2D eigenvalue weighted by Gasteiger charge is 2.30. The Morgan fingerprint density at radius 2 is 2.29 bits per heavy atom. The van der Waals surface area contributed by atoms with Gasteiger partial charge in [0.05, 0.1) is 24.8 Å². The highest BCUT2D eigenvalue weighted by Crippen LogP contribution is 2.22. The number of hydrogen-bond donors (Lipinski definition) is 1. The first-order chi connectivity index (χ1) is 10.0. The maximum Gasteiger partial charge on any atom is 0.245 e. The van der Waals surface area contributed by atoms with Crippen LogP contribution in [0.3, 0.4) is 0 Å². The third-order valence-electron chi connectivity index (χ3n) is 3.21. The molecule has 1 heterocycles. The Morgan fingerprint density at radius 1 is 1.52 bits per heavy atom. The number of carbonyl (C=O) groups excluding carboxylic acids is 1. The number of benzene rings is 1. The van der Waals surface area contributed by atoms with E-state index in [0.29, 0.717) is 18.8 Å². The molecule has 1 amide bonds. The summed E-state index contributed by atoms with van der Waals surface area (Å²) in [5.74, 6) is -0.647. The molecule has 1 N–H and O–H groups in total. The Labute approximate surface area is 123 Å². The summed E-state index contributed by atoms with van der Waals surface area (Å²) in [6, 6.07) is 5.52. The van der Waals surface area contributed by atoms with Crippen molar-refractivity contribution in [3.63, 3.8) is 0 Å². The van der Waals surface area contributed by atoms with E-state index in [-0.39, 0.29) is 24.1 Å². The van der Waals surface area contributed by atoms with E-state index in [2.05, 4.69) is 5.32 Å². The molecule has 0 spiro atoms. The van der Waals surface area contributed by atoms with E-state index in [1.165, 1.54) is 12.1 Å². The zero-order valence-electron chi connectivity index (χ0n) is 12.1. The molecule has 112 valence electrons. The molecule has 21 heavy (non-hydrogen) atoms. The lowest BCUT2D eigenvalue weighted by molar-refractivity contribution is -0.125. The topological polar surface area (TPSA) is 65.4 Å². The summed E-state index contributed by atoms with van der Waals surface area (Å²) in [4.78, 5) is 14.0. The SMILES string of the molecule is CC(C)NC(=O)C1COCCN1c1cc(F)cc(C#N)c1. The first-order valence-corrected chi connectivity index (χ1v) is 6.86. The maximum absolute atomic E-state index is 13.6. The van der Waals surface area contributed by atoms with Crippen molar-refractivity contribution in [3.8, 4) is 6.07 Å². The third kappa shape index (κ3) is 3.70. The Balaban J connectivity index is 2.28. The number of nitrogens with one attached hydrogen (secondary N) is 1. The van der Waals surface area contributed by atoms with E-state index in [1.54, 1.807) is 11.0 Å². The number of nitrogens with zero attached hydrogens (tertiary/aromatic N) is 2. The predicted octanol–water partition coefficient (Wildman–Crippen LogP) is 1.43. The van der Waals surface area contributed by atoms with Crippen molar-refractivity contribution in [2.24, 2.45) is 0 Å². The number of halogens is 1. The standard InChI is InChI=1S/C15H18FN3O2/c1-10(2)18-15(20)14-9-21-4-3-19(14)13-6-11(8-17)5-12(16)7-13/h5-7,10,14H,3-4,9H2,1-2H3,(H,18,20). The van der Waals surface area contributed by atoms with E-state index in [0.717, 1.165) is 0 Å². The van der Waals surface area contributed by atoms with Gasteiger partial charge in [0, 0.05) is 18.3 Å². The van der Waals surface area contributed by atoms with Gasteiger partial charge >= 0.3 is 0 Å². The lowest BCUT2D eigenvalue weighted by Gasteiger charge is -2.36. The van der Waals surface area contributed by atoms with Gasteiger partial charge < -0.3 is 15.0 Å². The van der Waals surface area contributed by atoms with E-state index in [4.69, 9.17) is 10.00 Å². The molecule has 1 aliphatic rings. The molecule has 1 atom stereocenters. The van der Waals surface area contributed by atoms with Crippen molar-refractivity contribution < 1.29 is 13.9 Å². The van der Waals surface area contributed by atoms with Gasteiger partial charge in [0.25, 0.3) is 0 Å². The molecule has 6 heteroatoms. The smallest absolute Gasteiger partial charge is 0.245 e. The predicted molar refractivity (Wildman–Crippen MR) is 76.3 cm³/mol. The van der Waals surface area contributed by atoms with E-state index in [9.17, 15) is 9.18 Å². The molecule has 1 saturated heterocycles. The number of amides is 1. The molecule has 0 aromatic heterocycles. The Hall–Kier alpha value is -2.13. The molecule has 1 aromatic rings. The average Bonchev–Trinajstić information content (AvgIpc) is 2.45. The molecule has 1 aliphatic heterocycles. The summed E-state index contributed by atoms with van der Waals surface area (Å²) in [5.41, 5.74) is 0.762. The zero-order chi connectivity index (χ0) is 15.4. The largest absolute Gasteiger partial charge is 0.377 e. The summed E-state index contributed by atoms with van der Waals surface area (Å²) >= 11 is 0.